The molecule has 0 amide bonds. The molecule has 0 bridgehead atoms. The minimum Gasteiger partial charge on any atom is -0.312 e. The van der Waals surface area contributed by atoms with Gasteiger partial charge in [-0.1, -0.05) is 19.8 Å². The van der Waals surface area contributed by atoms with Crippen molar-refractivity contribution in [1.29, 1.82) is 0 Å². The first kappa shape index (κ1) is 12.6. The summed E-state index contributed by atoms with van der Waals surface area (Å²) >= 11 is 0. The summed E-state index contributed by atoms with van der Waals surface area (Å²) in [6.07, 6.45) is 4.23. The highest BCUT2D eigenvalue weighted by molar-refractivity contribution is 5.23. The molecule has 1 aromatic heterocycles. The van der Waals surface area contributed by atoms with Gasteiger partial charge in [0.05, 0.1) is 5.69 Å². The molecule has 96 valence electrons. The highest BCUT2D eigenvalue weighted by Gasteiger charge is 2.22. The molecule has 3 heteroatoms. The second-order valence-corrected chi connectivity index (χ2v) is 5.57. The summed E-state index contributed by atoms with van der Waals surface area (Å²) in [6, 6.07) is 0. The van der Waals surface area contributed by atoms with Gasteiger partial charge < -0.3 is 5.32 Å². The lowest BCUT2D eigenvalue weighted by Gasteiger charge is -2.16. The largest absolute Gasteiger partial charge is 0.312 e. The Kier molecular flexibility index (Phi) is 3.87. The number of hydrogen-bond acceptors (Lipinski definition) is 2. The second kappa shape index (κ2) is 5.21. The molecule has 0 saturated heterocycles. The first-order valence-corrected chi connectivity index (χ1v) is 6.79. The fraction of sp³-hybridized carbons (Fsp3) is 0.786. The smallest absolute Gasteiger partial charge is 0.0641 e. The van der Waals surface area contributed by atoms with Gasteiger partial charge in [0.25, 0.3) is 0 Å². The molecule has 1 N–H and O–H groups in total. The van der Waals surface area contributed by atoms with Gasteiger partial charge in [-0.25, -0.2) is 0 Å². The van der Waals surface area contributed by atoms with E-state index < -0.39 is 0 Å². The second-order valence-electron chi connectivity index (χ2n) is 5.57. The molecular weight excluding hydrogens is 210 g/mol. The molecule has 1 aromatic rings. The van der Waals surface area contributed by atoms with E-state index in [4.69, 9.17) is 0 Å². The third-order valence-corrected chi connectivity index (χ3v) is 4.41. The van der Waals surface area contributed by atoms with Gasteiger partial charge in [0.2, 0.25) is 0 Å². The van der Waals surface area contributed by atoms with Crippen molar-refractivity contribution in [3.8, 4) is 0 Å². The molecule has 0 spiro atoms. The van der Waals surface area contributed by atoms with Crippen molar-refractivity contribution in [1.82, 2.24) is 15.1 Å². The van der Waals surface area contributed by atoms with Crippen LogP contribution in [0, 0.1) is 25.7 Å². The molecule has 2 rings (SSSR count). The van der Waals surface area contributed by atoms with Crippen molar-refractivity contribution in [3.05, 3.63) is 17.0 Å². The lowest BCUT2D eigenvalue weighted by Crippen LogP contribution is -2.24. The quantitative estimate of drug-likeness (QED) is 0.869. The van der Waals surface area contributed by atoms with Crippen molar-refractivity contribution in [2.45, 2.75) is 46.6 Å². The number of aryl methyl sites for hydroxylation is 2. The summed E-state index contributed by atoms with van der Waals surface area (Å²) in [7, 11) is 2.02. The molecule has 1 aliphatic rings. The molecule has 0 aromatic carbocycles. The van der Waals surface area contributed by atoms with Crippen LogP contribution in [0.25, 0.3) is 0 Å². The van der Waals surface area contributed by atoms with Crippen molar-refractivity contribution in [2.75, 3.05) is 6.54 Å². The van der Waals surface area contributed by atoms with E-state index >= 15 is 0 Å². The first-order valence-electron chi connectivity index (χ1n) is 6.79. The number of aromatic nitrogens is 2. The Labute approximate surface area is 105 Å². The summed E-state index contributed by atoms with van der Waals surface area (Å²) in [5.74, 6) is 1.78. The molecule has 1 aliphatic carbocycles. The maximum Gasteiger partial charge on any atom is 0.0641 e. The van der Waals surface area contributed by atoms with Gasteiger partial charge in [-0.2, -0.15) is 5.10 Å². The maximum atomic E-state index is 4.45. The average molecular weight is 235 g/mol. The highest BCUT2D eigenvalue weighted by Crippen LogP contribution is 2.30. The van der Waals surface area contributed by atoms with Crippen LogP contribution in [0.15, 0.2) is 0 Å². The predicted octanol–water partition coefficient (Wildman–Crippen LogP) is 2.56. The normalized spacial score (nSPS) is 24.5. The molecule has 2 unspecified atom stereocenters. The van der Waals surface area contributed by atoms with E-state index in [0.29, 0.717) is 0 Å². The Balaban J connectivity index is 1.85. The van der Waals surface area contributed by atoms with Crippen LogP contribution in [-0.2, 0) is 13.6 Å². The fourth-order valence-corrected chi connectivity index (χ4v) is 2.98. The van der Waals surface area contributed by atoms with Gasteiger partial charge in [-0.15, -0.1) is 0 Å². The molecule has 1 saturated carbocycles. The number of nitrogens with zero attached hydrogens (tertiary/aromatic N) is 2. The van der Waals surface area contributed by atoms with Crippen molar-refractivity contribution < 1.29 is 0 Å². The fourth-order valence-electron chi connectivity index (χ4n) is 2.98. The van der Waals surface area contributed by atoms with Crippen LogP contribution in [0.3, 0.4) is 0 Å². The van der Waals surface area contributed by atoms with Gasteiger partial charge >= 0.3 is 0 Å². The lowest BCUT2D eigenvalue weighted by atomic mass is 9.98. The van der Waals surface area contributed by atoms with E-state index in [2.05, 4.69) is 31.2 Å². The van der Waals surface area contributed by atoms with E-state index in [9.17, 15) is 0 Å². The van der Waals surface area contributed by atoms with Crippen LogP contribution < -0.4 is 5.32 Å². The van der Waals surface area contributed by atoms with E-state index in [-0.39, 0.29) is 0 Å². The Morgan fingerprint density at radius 1 is 1.35 bits per heavy atom. The Morgan fingerprint density at radius 3 is 2.65 bits per heavy atom. The van der Waals surface area contributed by atoms with E-state index in [1.165, 1.54) is 30.5 Å². The first-order chi connectivity index (χ1) is 8.09. The summed E-state index contributed by atoms with van der Waals surface area (Å²) in [6.45, 7) is 8.76. The van der Waals surface area contributed by atoms with Crippen LogP contribution in [0.5, 0.6) is 0 Å². The van der Waals surface area contributed by atoms with Gasteiger partial charge in [-0.05, 0) is 38.6 Å². The lowest BCUT2D eigenvalue weighted by molar-refractivity contribution is 0.391. The third kappa shape index (κ3) is 2.71. The summed E-state index contributed by atoms with van der Waals surface area (Å²) in [4.78, 5) is 0. The molecule has 0 aliphatic heterocycles. The average Bonchev–Trinajstić information content (AvgIpc) is 2.78. The molecule has 3 nitrogen and oxygen atoms in total. The third-order valence-electron chi connectivity index (χ3n) is 4.41. The number of nitrogens with one attached hydrogen (secondary N) is 1. The molecule has 17 heavy (non-hydrogen) atoms. The Morgan fingerprint density at radius 2 is 2.12 bits per heavy atom. The maximum absolute atomic E-state index is 4.45. The zero-order chi connectivity index (χ0) is 12.4. The molecule has 2 atom stereocenters. The standard InChI is InChI=1S/C14H25N3/c1-10-6-5-7-13(10)8-15-9-14-11(2)16-17(4)12(14)3/h10,13,15H,5-9H2,1-4H3. The number of hydrogen-bond donors (Lipinski definition) is 1. The Hall–Kier alpha value is -0.830. The van der Waals surface area contributed by atoms with E-state index in [1.807, 2.05) is 11.7 Å². The monoisotopic (exact) mass is 235 g/mol. The predicted molar refractivity (Wildman–Crippen MR) is 70.9 cm³/mol. The topological polar surface area (TPSA) is 29.9 Å². The van der Waals surface area contributed by atoms with Crippen LogP contribution in [0.2, 0.25) is 0 Å². The summed E-state index contributed by atoms with van der Waals surface area (Å²) in [5.41, 5.74) is 3.82. The van der Waals surface area contributed by atoms with Crippen LogP contribution in [0.4, 0.5) is 0 Å². The van der Waals surface area contributed by atoms with Crippen molar-refractivity contribution in [2.24, 2.45) is 18.9 Å². The van der Waals surface area contributed by atoms with Crippen molar-refractivity contribution in [3.63, 3.8) is 0 Å². The van der Waals surface area contributed by atoms with E-state index in [1.54, 1.807) is 0 Å². The number of rotatable bonds is 4. The van der Waals surface area contributed by atoms with E-state index in [0.717, 1.165) is 30.6 Å². The van der Waals surface area contributed by atoms with Crippen LogP contribution >= 0.6 is 0 Å². The summed E-state index contributed by atoms with van der Waals surface area (Å²) in [5, 5.41) is 8.07. The highest BCUT2D eigenvalue weighted by atomic mass is 15.3. The zero-order valence-corrected chi connectivity index (χ0v) is 11.6. The molecule has 1 fully saturated rings. The minimum absolute atomic E-state index is 0.882. The van der Waals surface area contributed by atoms with Gasteiger partial charge in [0, 0.05) is 24.8 Å². The van der Waals surface area contributed by atoms with Gasteiger partial charge in [0.1, 0.15) is 0 Å². The van der Waals surface area contributed by atoms with Gasteiger partial charge in [0.15, 0.2) is 0 Å². The SMILES string of the molecule is Cc1nn(C)c(C)c1CNCC1CCCC1C. The van der Waals surface area contributed by atoms with Gasteiger partial charge in [-0.3, -0.25) is 4.68 Å². The minimum atomic E-state index is 0.882. The zero-order valence-electron chi connectivity index (χ0n) is 11.6. The van der Waals surface area contributed by atoms with Crippen LogP contribution in [-0.4, -0.2) is 16.3 Å². The van der Waals surface area contributed by atoms with Crippen molar-refractivity contribution >= 4 is 0 Å². The Bertz CT molecular complexity index is 381. The molecular formula is C14H25N3. The summed E-state index contributed by atoms with van der Waals surface area (Å²) < 4.78 is 1.98. The van der Waals surface area contributed by atoms with Crippen LogP contribution in [0.1, 0.15) is 43.1 Å². The molecule has 0 radical (unpaired) electrons. The molecule has 1 heterocycles.